The normalized spacial score (nSPS) is 13.6. The summed E-state index contributed by atoms with van der Waals surface area (Å²) in [5.41, 5.74) is 0. The van der Waals surface area contributed by atoms with Gasteiger partial charge in [-0.3, -0.25) is 0 Å². The van der Waals surface area contributed by atoms with Crippen molar-refractivity contribution in [2.24, 2.45) is 0 Å². The third-order valence-corrected chi connectivity index (χ3v) is 4.36. The number of halogens is 2. The number of nitrogens with one attached hydrogen (secondary N) is 1. The van der Waals surface area contributed by atoms with Crippen LogP contribution in [0.1, 0.15) is 20.3 Å². The molecular formula is C12H17F2NO2S. The molecule has 102 valence electrons. The van der Waals surface area contributed by atoms with E-state index in [1.165, 1.54) is 0 Å². The van der Waals surface area contributed by atoms with Gasteiger partial charge in [-0.15, -0.1) is 0 Å². The predicted molar refractivity (Wildman–Crippen MR) is 66.2 cm³/mol. The smallest absolute Gasteiger partial charge is 0.182 e. The van der Waals surface area contributed by atoms with Crippen molar-refractivity contribution in [2.45, 2.75) is 31.2 Å². The van der Waals surface area contributed by atoms with Gasteiger partial charge in [0.25, 0.3) is 0 Å². The second-order valence-corrected chi connectivity index (χ2v) is 6.21. The van der Waals surface area contributed by atoms with Gasteiger partial charge < -0.3 is 5.32 Å². The molecular weight excluding hydrogens is 260 g/mol. The maximum Gasteiger partial charge on any atom is 0.182 e. The van der Waals surface area contributed by atoms with Crippen molar-refractivity contribution in [3.05, 3.63) is 29.8 Å². The second-order valence-electron chi connectivity index (χ2n) is 4.21. The van der Waals surface area contributed by atoms with Crippen LogP contribution in [0.3, 0.4) is 0 Å². The molecule has 1 rings (SSSR count). The van der Waals surface area contributed by atoms with E-state index >= 15 is 0 Å². The van der Waals surface area contributed by atoms with Gasteiger partial charge in [0.15, 0.2) is 9.84 Å². The number of rotatable bonds is 6. The van der Waals surface area contributed by atoms with Gasteiger partial charge in [0.1, 0.15) is 16.5 Å². The highest BCUT2D eigenvalue weighted by atomic mass is 32.2. The molecule has 1 atom stereocenters. The predicted octanol–water partition coefficient (Wildman–Crippen LogP) is 2.13. The van der Waals surface area contributed by atoms with Crippen LogP contribution in [0, 0.1) is 11.6 Å². The van der Waals surface area contributed by atoms with Crippen LogP contribution in [0.4, 0.5) is 8.78 Å². The summed E-state index contributed by atoms with van der Waals surface area (Å²) in [5.74, 6) is -1.93. The standard InChI is InChI=1S/C12H17F2NO2S/c1-3-6-15-9(2)8-18(16,17)12-7-10(13)4-5-11(12)14/h4-5,7,9,15H,3,6,8H2,1-2H3. The molecule has 0 aliphatic heterocycles. The first-order valence-corrected chi connectivity index (χ1v) is 7.43. The molecule has 0 saturated carbocycles. The Hall–Kier alpha value is -1.01. The molecule has 0 heterocycles. The molecule has 1 aromatic rings. The molecule has 0 aliphatic carbocycles. The van der Waals surface area contributed by atoms with Crippen molar-refractivity contribution in [2.75, 3.05) is 12.3 Å². The Morgan fingerprint density at radius 1 is 1.33 bits per heavy atom. The van der Waals surface area contributed by atoms with Gasteiger partial charge in [-0.05, 0) is 38.1 Å². The molecule has 0 saturated heterocycles. The summed E-state index contributed by atoms with van der Waals surface area (Å²) < 4.78 is 50.2. The van der Waals surface area contributed by atoms with Gasteiger partial charge in [0.05, 0.1) is 5.75 Å². The molecule has 0 fully saturated rings. The van der Waals surface area contributed by atoms with Crippen molar-refractivity contribution in [1.82, 2.24) is 5.32 Å². The molecule has 18 heavy (non-hydrogen) atoms. The molecule has 0 spiro atoms. The summed E-state index contributed by atoms with van der Waals surface area (Å²) >= 11 is 0. The molecule has 0 amide bonds. The van der Waals surface area contributed by atoms with Crippen LogP contribution >= 0.6 is 0 Å². The summed E-state index contributed by atoms with van der Waals surface area (Å²) in [4.78, 5) is -0.576. The SMILES string of the molecule is CCCNC(C)CS(=O)(=O)c1cc(F)ccc1F. The maximum absolute atomic E-state index is 13.4. The number of hydrogen-bond donors (Lipinski definition) is 1. The Kier molecular flexibility index (Phi) is 5.22. The van der Waals surface area contributed by atoms with Crippen LogP contribution in [0.2, 0.25) is 0 Å². The van der Waals surface area contributed by atoms with E-state index in [1.54, 1.807) is 6.92 Å². The molecule has 0 aromatic heterocycles. The van der Waals surface area contributed by atoms with Gasteiger partial charge in [-0.1, -0.05) is 6.92 Å². The van der Waals surface area contributed by atoms with Crippen molar-refractivity contribution in [3.63, 3.8) is 0 Å². The second kappa shape index (κ2) is 6.24. The van der Waals surface area contributed by atoms with E-state index in [-0.39, 0.29) is 11.8 Å². The zero-order valence-electron chi connectivity index (χ0n) is 10.4. The van der Waals surface area contributed by atoms with Crippen molar-refractivity contribution in [3.8, 4) is 0 Å². The average Bonchev–Trinajstić information content (AvgIpc) is 2.29. The largest absolute Gasteiger partial charge is 0.313 e. The Bertz CT molecular complexity index is 503. The minimum atomic E-state index is -3.82. The lowest BCUT2D eigenvalue weighted by Crippen LogP contribution is -2.33. The lowest BCUT2D eigenvalue weighted by atomic mass is 10.3. The van der Waals surface area contributed by atoms with Gasteiger partial charge in [-0.25, -0.2) is 17.2 Å². The van der Waals surface area contributed by atoms with Gasteiger partial charge in [0.2, 0.25) is 0 Å². The lowest BCUT2D eigenvalue weighted by molar-refractivity contribution is 0.537. The molecule has 1 unspecified atom stereocenters. The first-order chi connectivity index (χ1) is 8.36. The number of benzene rings is 1. The van der Waals surface area contributed by atoms with Crippen LogP contribution in [0.25, 0.3) is 0 Å². The average molecular weight is 277 g/mol. The minimum Gasteiger partial charge on any atom is -0.313 e. The van der Waals surface area contributed by atoms with E-state index in [9.17, 15) is 17.2 Å². The first-order valence-electron chi connectivity index (χ1n) is 5.78. The van der Waals surface area contributed by atoms with Crippen LogP contribution < -0.4 is 5.32 Å². The highest BCUT2D eigenvalue weighted by Gasteiger charge is 2.22. The fraction of sp³-hybridized carbons (Fsp3) is 0.500. The summed E-state index contributed by atoms with van der Waals surface area (Å²) in [6.07, 6.45) is 0.874. The zero-order chi connectivity index (χ0) is 13.8. The molecule has 6 heteroatoms. The molecule has 0 radical (unpaired) electrons. The van der Waals surface area contributed by atoms with Crippen molar-refractivity contribution in [1.29, 1.82) is 0 Å². The van der Waals surface area contributed by atoms with Crippen molar-refractivity contribution >= 4 is 9.84 Å². The Morgan fingerprint density at radius 2 is 2.00 bits per heavy atom. The monoisotopic (exact) mass is 277 g/mol. The Labute approximate surface area is 106 Å². The van der Waals surface area contributed by atoms with E-state index in [2.05, 4.69) is 5.32 Å². The van der Waals surface area contributed by atoms with E-state index in [0.717, 1.165) is 24.6 Å². The van der Waals surface area contributed by atoms with Gasteiger partial charge in [0, 0.05) is 6.04 Å². The molecule has 1 aromatic carbocycles. The van der Waals surface area contributed by atoms with Crippen LogP contribution in [0.5, 0.6) is 0 Å². The topological polar surface area (TPSA) is 46.2 Å². The van der Waals surface area contributed by atoms with Crippen LogP contribution in [-0.2, 0) is 9.84 Å². The van der Waals surface area contributed by atoms with Gasteiger partial charge >= 0.3 is 0 Å². The Morgan fingerprint density at radius 3 is 2.61 bits per heavy atom. The molecule has 1 N–H and O–H groups in total. The highest BCUT2D eigenvalue weighted by molar-refractivity contribution is 7.91. The maximum atomic E-state index is 13.4. The third-order valence-electron chi connectivity index (χ3n) is 2.44. The van der Waals surface area contributed by atoms with E-state index < -0.39 is 26.4 Å². The highest BCUT2D eigenvalue weighted by Crippen LogP contribution is 2.18. The quantitative estimate of drug-likeness (QED) is 0.866. The molecule has 0 bridgehead atoms. The molecule has 3 nitrogen and oxygen atoms in total. The van der Waals surface area contributed by atoms with Crippen LogP contribution in [0.15, 0.2) is 23.1 Å². The van der Waals surface area contributed by atoms with Crippen LogP contribution in [-0.4, -0.2) is 26.8 Å². The fourth-order valence-electron chi connectivity index (χ4n) is 1.58. The third kappa shape index (κ3) is 4.03. The Balaban J connectivity index is 2.89. The zero-order valence-corrected chi connectivity index (χ0v) is 11.2. The van der Waals surface area contributed by atoms with Gasteiger partial charge in [-0.2, -0.15) is 0 Å². The first kappa shape index (κ1) is 15.0. The van der Waals surface area contributed by atoms with E-state index in [1.807, 2.05) is 6.92 Å². The number of sulfone groups is 1. The fourth-order valence-corrected chi connectivity index (χ4v) is 3.20. The molecule has 0 aliphatic rings. The summed E-state index contributed by atoms with van der Waals surface area (Å²) in [6.45, 7) is 4.34. The number of hydrogen-bond acceptors (Lipinski definition) is 3. The summed E-state index contributed by atoms with van der Waals surface area (Å²) in [5, 5.41) is 3.00. The summed E-state index contributed by atoms with van der Waals surface area (Å²) in [7, 11) is -3.82. The van der Waals surface area contributed by atoms with E-state index in [0.29, 0.717) is 6.54 Å². The lowest BCUT2D eigenvalue weighted by Gasteiger charge is -2.13. The minimum absolute atomic E-state index is 0.257. The van der Waals surface area contributed by atoms with E-state index in [4.69, 9.17) is 0 Å². The summed E-state index contributed by atoms with van der Waals surface area (Å²) in [6, 6.07) is 2.13. The van der Waals surface area contributed by atoms with Crippen molar-refractivity contribution < 1.29 is 17.2 Å².